The number of hydrogen-bond acceptors (Lipinski definition) is 6. The highest BCUT2D eigenvalue weighted by Crippen LogP contribution is 2.14. The number of halogens is 2. The Kier molecular flexibility index (Phi) is 9.93. The highest BCUT2D eigenvalue weighted by molar-refractivity contribution is 7.99. The van der Waals surface area contributed by atoms with Gasteiger partial charge in [0.2, 0.25) is 5.91 Å². The lowest BCUT2D eigenvalue weighted by Gasteiger charge is -2.25. The molecule has 34 heavy (non-hydrogen) atoms. The number of aryl methyl sites for hydroxylation is 1. The molecule has 1 heterocycles. The van der Waals surface area contributed by atoms with Crippen LogP contribution in [0.3, 0.4) is 0 Å². The van der Waals surface area contributed by atoms with E-state index in [2.05, 4.69) is 39.7 Å². The maximum atomic E-state index is 13.7. The average molecular weight is 487 g/mol. The fraction of sp³-hybridized carbons (Fsp3) is 0.320. The molecule has 6 nitrogen and oxygen atoms in total. The van der Waals surface area contributed by atoms with Gasteiger partial charge in [-0.15, -0.1) is 0 Å². The molecule has 3 rings (SSSR count). The number of aliphatic hydroxyl groups is 1. The number of rotatable bonds is 12. The van der Waals surface area contributed by atoms with Crippen molar-refractivity contribution in [3.63, 3.8) is 0 Å². The molecule has 2 atom stereocenters. The molecule has 0 aliphatic rings. The van der Waals surface area contributed by atoms with Crippen LogP contribution >= 0.6 is 11.8 Å². The van der Waals surface area contributed by atoms with Crippen LogP contribution in [0.15, 0.2) is 66.1 Å². The number of aromatic nitrogens is 2. The van der Waals surface area contributed by atoms with Crippen molar-refractivity contribution in [2.45, 2.75) is 43.6 Å². The predicted octanol–water partition coefficient (Wildman–Crippen LogP) is 3.29. The maximum absolute atomic E-state index is 13.7. The normalized spacial score (nSPS) is 12.8. The molecule has 0 aliphatic heterocycles. The SMILES string of the molecule is CCc1cccc(CNC[C@H](O)[C@H](Cc2cc(F)cc(F)c2)NC(=O)CSc2ncccn2)c1. The number of carbonyl (C=O) groups is 1. The van der Waals surface area contributed by atoms with Gasteiger partial charge >= 0.3 is 0 Å². The zero-order valence-corrected chi connectivity index (χ0v) is 19.7. The van der Waals surface area contributed by atoms with E-state index in [0.29, 0.717) is 17.3 Å². The lowest BCUT2D eigenvalue weighted by molar-refractivity contribution is -0.120. The number of benzene rings is 2. The summed E-state index contributed by atoms with van der Waals surface area (Å²) in [6.45, 7) is 2.82. The van der Waals surface area contributed by atoms with Crippen LogP contribution < -0.4 is 10.6 Å². The van der Waals surface area contributed by atoms with E-state index < -0.39 is 23.8 Å². The van der Waals surface area contributed by atoms with E-state index in [9.17, 15) is 18.7 Å². The molecule has 0 bridgehead atoms. The maximum Gasteiger partial charge on any atom is 0.230 e. The number of aliphatic hydroxyl groups excluding tert-OH is 1. The number of hydrogen-bond donors (Lipinski definition) is 3. The Morgan fingerprint density at radius 1 is 1.03 bits per heavy atom. The summed E-state index contributed by atoms with van der Waals surface area (Å²) in [5.41, 5.74) is 2.65. The van der Waals surface area contributed by atoms with Crippen molar-refractivity contribution in [2.24, 2.45) is 0 Å². The number of nitrogens with zero attached hydrogens (tertiary/aromatic N) is 2. The van der Waals surface area contributed by atoms with Crippen LogP contribution in [-0.2, 0) is 24.2 Å². The molecular formula is C25H28F2N4O2S. The Morgan fingerprint density at radius 2 is 1.74 bits per heavy atom. The largest absolute Gasteiger partial charge is 0.390 e. The molecule has 1 aromatic heterocycles. The summed E-state index contributed by atoms with van der Waals surface area (Å²) in [5.74, 6) is -1.71. The van der Waals surface area contributed by atoms with Crippen LogP contribution in [0.4, 0.5) is 8.78 Å². The molecular weight excluding hydrogens is 458 g/mol. The summed E-state index contributed by atoms with van der Waals surface area (Å²) in [7, 11) is 0. The highest BCUT2D eigenvalue weighted by Gasteiger charge is 2.22. The highest BCUT2D eigenvalue weighted by atomic mass is 32.2. The lowest BCUT2D eigenvalue weighted by Crippen LogP contribution is -2.49. The van der Waals surface area contributed by atoms with Crippen LogP contribution in [0.5, 0.6) is 0 Å². The van der Waals surface area contributed by atoms with E-state index in [-0.39, 0.29) is 24.6 Å². The summed E-state index contributed by atoms with van der Waals surface area (Å²) in [6, 6.07) is 12.3. The van der Waals surface area contributed by atoms with Gasteiger partial charge in [-0.1, -0.05) is 43.0 Å². The summed E-state index contributed by atoms with van der Waals surface area (Å²) in [6.07, 6.45) is 3.19. The lowest BCUT2D eigenvalue weighted by atomic mass is 10.0. The molecule has 0 spiro atoms. The monoisotopic (exact) mass is 486 g/mol. The number of thioether (sulfide) groups is 1. The molecule has 1 amide bonds. The van der Waals surface area contributed by atoms with Gasteiger partial charge in [0.1, 0.15) is 11.6 Å². The minimum atomic E-state index is -0.984. The fourth-order valence-electron chi connectivity index (χ4n) is 3.47. The first kappa shape index (κ1) is 25.7. The molecule has 0 aliphatic carbocycles. The molecule has 0 radical (unpaired) electrons. The number of carbonyl (C=O) groups excluding carboxylic acids is 1. The smallest absolute Gasteiger partial charge is 0.230 e. The predicted molar refractivity (Wildman–Crippen MR) is 128 cm³/mol. The fourth-order valence-corrected chi connectivity index (χ4v) is 4.08. The molecule has 0 saturated heterocycles. The Morgan fingerprint density at radius 3 is 2.44 bits per heavy atom. The van der Waals surface area contributed by atoms with Crippen LogP contribution in [-0.4, -0.2) is 45.4 Å². The van der Waals surface area contributed by atoms with Gasteiger partial charge in [-0.05, 0) is 47.7 Å². The summed E-state index contributed by atoms with van der Waals surface area (Å²) in [4.78, 5) is 20.7. The Balaban J connectivity index is 1.62. The van der Waals surface area contributed by atoms with Crippen molar-refractivity contribution in [3.05, 3.63) is 89.2 Å². The summed E-state index contributed by atoms with van der Waals surface area (Å²) >= 11 is 1.16. The Hall–Kier alpha value is -2.88. The molecule has 0 unspecified atom stereocenters. The van der Waals surface area contributed by atoms with E-state index in [1.54, 1.807) is 18.5 Å². The second kappa shape index (κ2) is 13.1. The van der Waals surface area contributed by atoms with Crippen molar-refractivity contribution >= 4 is 17.7 Å². The van der Waals surface area contributed by atoms with Crippen molar-refractivity contribution in [1.29, 1.82) is 0 Å². The molecule has 0 saturated carbocycles. The molecule has 3 aromatic rings. The van der Waals surface area contributed by atoms with E-state index >= 15 is 0 Å². The quantitative estimate of drug-likeness (QED) is 0.269. The molecule has 180 valence electrons. The number of nitrogens with one attached hydrogen (secondary N) is 2. The Labute approximate surface area is 202 Å². The van der Waals surface area contributed by atoms with Gasteiger partial charge in [-0.2, -0.15) is 0 Å². The van der Waals surface area contributed by atoms with Crippen LogP contribution in [0.2, 0.25) is 0 Å². The molecule has 9 heteroatoms. The Bertz CT molecular complexity index is 1050. The van der Waals surface area contributed by atoms with Crippen molar-refractivity contribution in [2.75, 3.05) is 12.3 Å². The van der Waals surface area contributed by atoms with E-state index in [1.165, 1.54) is 17.7 Å². The van der Waals surface area contributed by atoms with Gasteiger partial charge in [0, 0.05) is 31.5 Å². The summed E-state index contributed by atoms with van der Waals surface area (Å²) in [5, 5.41) is 17.3. The van der Waals surface area contributed by atoms with Gasteiger partial charge in [0.15, 0.2) is 5.16 Å². The molecule has 0 fully saturated rings. The van der Waals surface area contributed by atoms with E-state index in [0.717, 1.165) is 29.8 Å². The van der Waals surface area contributed by atoms with Gasteiger partial charge in [-0.25, -0.2) is 18.7 Å². The minimum absolute atomic E-state index is 0.0436. The first-order chi connectivity index (χ1) is 16.4. The average Bonchev–Trinajstić information content (AvgIpc) is 2.82. The van der Waals surface area contributed by atoms with Crippen LogP contribution in [0.1, 0.15) is 23.6 Å². The van der Waals surface area contributed by atoms with Gasteiger partial charge in [-0.3, -0.25) is 4.79 Å². The van der Waals surface area contributed by atoms with Crippen LogP contribution in [0, 0.1) is 11.6 Å². The van der Waals surface area contributed by atoms with E-state index in [4.69, 9.17) is 0 Å². The second-order valence-electron chi connectivity index (χ2n) is 7.85. The van der Waals surface area contributed by atoms with Gasteiger partial charge in [0.25, 0.3) is 0 Å². The van der Waals surface area contributed by atoms with Crippen molar-refractivity contribution in [1.82, 2.24) is 20.6 Å². The van der Waals surface area contributed by atoms with E-state index in [1.807, 2.05) is 12.1 Å². The van der Waals surface area contributed by atoms with Gasteiger partial charge in [0.05, 0.1) is 17.9 Å². The first-order valence-electron chi connectivity index (χ1n) is 11.0. The third-order valence-corrected chi connectivity index (χ3v) is 6.02. The van der Waals surface area contributed by atoms with Crippen molar-refractivity contribution in [3.8, 4) is 0 Å². The standard InChI is InChI=1S/C25H28F2N4O2S/c1-2-17-5-3-6-18(9-17)14-28-15-23(32)22(12-19-10-20(26)13-21(27)11-19)31-24(33)16-34-25-29-7-4-8-30-25/h3-11,13,22-23,28,32H,2,12,14-16H2,1H3,(H,31,33)/t22-,23-/m0/s1. The first-order valence-corrected chi connectivity index (χ1v) is 12.0. The number of amides is 1. The molecule has 2 aromatic carbocycles. The molecule has 3 N–H and O–H groups in total. The summed E-state index contributed by atoms with van der Waals surface area (Å²) < 4.78 is 27.4. The third kappa shape index (κ3) is 8.48. The third-order valence-electron chi connectivity index (χ3n) is 5.15. The second-order valence-corrected chi connectivity index (χ2v) is 8.79. The van der Waals surface area contributed by atoms with Crippen molar-refractivity contribution < 1.29 is 18.7 Å². The topological polar surface area (TPSA) is 87.1 Å². The van der Waals surface area contributed by atoms with Crippen LogP contribution in [0.25, 0.3) is 0 Å². The zero-order valence-electron chi connectivity index (χ0n) is 18.9. The minimum Gasteiger partial charge on any atom is -0.390 e. The zero-order chi connectivity index (χ0) is 24.3. The van der Waals surface area contributed by atoms with Gasteiger partial charge < -0.3 is 15.7 Å².